The van der Waals surface area contributed by atoms with Gasteiger partial charge in [-0.05, 0) is 60.7 Å². The maximum atomic E-state index is 12.0. The van der Waals surface area contributed by atoms with Crippen molar-refractivity contribution in [2.75, 3.05) is 10.6 Å². The Hall–Kier alpha value is -3.03. The minimum absolute atomic E-state index is 0.0607. The van der Waals surface area contributed by atoms with Crippen LogP contribution in [-0.2, 0) is 0 Å². The quantitative estimate of drug-likeness (QED) is 0.404. The van der Waals surface area contributed by atoms with Crippen molar-refractivity contribution in [1.29, 1.82) is 0 Å². The summed E-state index contributed by atoms with van der Waals surface area (Å²) >= 11 is 7.29. The lowest BCUT2D eigenvalue weighted by Crippen LogP contribution is -2.19. The van der Waals surface area contributed by atoms with Crippen molar-refractivity contribution in [2.45, 2.75) is 9.79 Å². The highest BCUT2D eigenvalue weighted by Gasteiger charge is 2.06. The molecule has 0 unspecified atom stereocenters. The van der Waals surface area contributed by atoms with Gasteiger partial charge in [0.15, 0.2) is 0 Å². The molecule has 2 N–H and O–H groups in total. The number of halogens is 1. The highest BCUT2D eigenvalue weighted by molar-refractivity contribution is 7.99. The average molecular weight is 400 g/mol. The van der Waals surface area contributed by atoms with E-state index in [1.807, 2.05) is 12.1 Å². The minimum atomic E-state index is -0.427. The second-order valence-electron chi connectivity index (χ2n) is 5.46. The van der Waals surface area contributed by atoms with Crippen molar-refractivity contribution in [3.8, 4) is 0 Å². The number of non-ortho nitro benzene ring substituents is 1. The zero-order chi connectivity index (χ0) is 19.2. The van der Waals surface area contributed by atoms with Crippen molar-refractivity contribution >= 4 is 46.5 Å². The molecular formula is C19H14ClN3O3S. The molecule has 6 nitrogen and oxygen atoms in total. The number of amides is 2. The van der Waals surface area contributed by atoms with Gasteiger partial charge in [-0.15, -0.1) is 0 Å². The number of urea groups is 1. The number of nitrogens with zero attached hydrogens (tertiary/aromatic N) is 1. The van der Waals surface area contributed by atoms with Crippen LogP contribution < -0.4 is 10.6 Å². The molecule has 8 heteroatoms. The molecule has 0 aliphatic heterocycles. The summed E-state index contributed by atoms with van der Waals surface area (Å²) in [5, 5.41) is 16.7. The normalized spacial score (nSPS) is 10.3. The maximum Gasteiger partial charge on any atom is 0.323 e. The van der Waals surface area contributed by atoms with Crippen LogP contribution in [0.4, 0.5) is 21.9 Å². The second kappa shape index (κ2) is 8.57. The monoisotopic (exact) mass is 399 g/mol. The summed E-state index contributed by atoms with van der Waals surface area (Å²) < 4.78 is 0. The fourth-order valence-electron chi connectivity index (χ4n) is 2.20. The molecule has 3 aromatic rings. The number of benzene rings is 3. The largest absolute Gasteiger partial charge is 0.323 e. The lowest BCUT2D eigenvalue weighted by molar-refractivity contribution is -0.384. The third-order valence-electron chi connectivity index (χ3n) is 3.50. The zero-order valence-corrected chi connectivity index (χ0v) is 15.5. The van der Waals surface area contributed by atoms with Gasteiger partial charge >= 0.3 is 6.03 Å². The van der Waals surface area contributed by atoms with E-state index in [2.05, 4.69) is 10.6 Å². The van der Waals surface area contributed by atoms with Crippen LogP contribution in [0, 0.1) is 10.1 Å². The van der Waals surface area contributed by atoms with Crippen LogP contribution in [0.25, 0.3) is 0 Å². The highest BCUT2D eigenvalue weighted by Crippen LogP contribution is 2.29. The molecule has 0 atom stereocenters. The van der Waals surface area contributed by atoms with Gasteiger partial charge in [-0.3, -0.25) is 10.1 Å². The summed E-state index contributed by atoms with van der Waals surface area (Å²) in [6.45, 7) is 0. The van der Waals surface area contributed by atoms with Gasteiger partial charge in [-0.1, -0.05) is 23.4 Å². The third kappa shape index (κ3) is 5.47. The smallest absolute Gasteiger partial charge is 0.308 e. The molecule has 0 heterocycles. The predicted molar refractivity (Wildman–Crippen MR) is 108 cm³/mol. The van der Waals surface area contributed by atoms with Gasteiger partial charge in [0.2, 0.25) is 0 Å². The molecule has 2 amide bonds. The number of carbonyl (C=O) groups is 1. The Kier molecular flexibility index (Phi) is 5.95. The summed E-state index contributed by atoms with van der Waals surface area (Å²) in [6, 6.07) is 20.1. The number of hydrogen-bond donors (Lipinski definition) is 2. The first kappa shape index (κ1) is 18.8. The van der Waals surface area contributed by atoms with Crippen molar-refractivity contribution in [2.24, 2.45) is 0 Å². The van der Waals surface area contributed by atoms with E-state index in [0.717, 1.165) is 9.79 Å². The predicted octanol–water partition coefficient (Wildman–Crippen LogP) is 6.04. The second-order valence-corrected chi connectivity index (χ2v) is 7.05. The van der Waals surface area contributed by atoms with Gasteiger partial charge < -0.3 is 10.6 Å². The molecule has 136 valence electrons. The zero-order valence-electron chi connectivity index (χ0n) is 13.9. The van der Waals surface area contributed by atoms with Gasteiger partial charge in [0.1, 0.15) is 0 Å². The molecule has 0 aliphatic rings. The average Bonchev–Trinajstić information content (AvgIpc) is 2.66. The first-order valence-corrected chi connectivity index (χ1v) is 9.05. The van der Waals surface area contributed by atoms with Gasteiger partial charge in [0.25, 0.3) is 5.69 Å². The van der Waals surface area contributed by atoms with Crippen LogP contribution in [0.3, 0.4) is 0 Å². The van der Waals surface area contributed by atoms with E-state index in [1.54, 1.807) is 48.5 Å². The molecule has 3 aromatic carbocycles. The number of nitrogens with one attached hydrogen (secondary N) is 2. The van der Waals surface area contributed by atoms with E-state index in [4.69, 9.17) is 11.6 Å². The SMILES string of the molecule is O=C(Nc1ccc(Cl)cc1)Nc1ccc(Sc2ccc([N+](=O)[O-])cc2)cc1. The number of rotatable bonds is 5. The maximum absolute atomic E-state index is 12.0. The molecule has 0 fully saturated rings. The summed E-state index contributed by atoms with van der Waals surface area (Å²) in [7, 11) is 0. The standard InChI is InChI=1S/C19H14ClN3O3S/c20-13-1-3-14(4-2-13)21-19(24)22-15-5-9-17(10-6-15)27-18-11-7-16(8-12-18)23(25)26/h1-12H,(H2,21,22,24). The van der Waals surface area contributed by atoms with Gasteiger partial charge in [0, 0.05) is 38.3 Å². The van der Waals surface area contributed by atoms with Crippen LogP contribution in [-0.4, -0.2) is 11.0 Å². The Morgan fingerprint density at radius 3 is 1.74 bits per heavy atom. The molecule has 3 rings (SSSR count). The third-order valence-corrected chi connectivity index (χ3v) is 4.77. The molecular weight excluding hydrogens is 386 g/mol. The van der Waals surface area contributed by atoms with E-state index in [1.165, 1.54) is 23.9 Å². The molecule has 0 aromatic heterocycles. The van der Waals surface area contributed by atoms with E-state index in [9.17, 15) is 14.9 Å². The number of nitro groups is 1. The highest BCUT2D eigenvalue weighted by atomic mass is 35.5. The number of hydrogen-bond acceptors (Lipinski definition) is 4. The Bertz CT molecular complexity index is 945. The first-order chi connectivity index (χ1) is 13.0. The van der Waals surface area contributed by atoms with E-state index in [-0.39, 0.29) is 11.7 Å². The van der Waals surface area contributed by atoms with Crippen LogP contribution in [0.2, 0.25) is 5.02 Å². The molecule has 0 bridgehead atoms. The van der Waals surface area contributed by atoms with E-state index >= 15 is 0 Å². The summed E-state index contributed by atoms with van der Waals surface area (Å²) in [4.78, 5) is 24.1. The lowest BCUT2D eigenvalue weighted by atomic mass is 10.3. The minimum Gasteiger partial charge on any atom is -0.308 e. The van der Waals surface area contributed by atoms with Crippen LogP contribution >= 0.6 is 23.4 Å². The Balaban J connectivity index is 1.57. The molecule has 0 aliphatic carbocycles. The lowest BCUT2D eigenvalue weighted by Gasteiger charge is -2.08. The molecule has 0 spiro atoms. The van der Waals surface area contributed by atoms with Crippen molar-refractivity contribution < 1.29 is 9.72 Å². The van der Waals surface area contributed by atoms with Crippen LogP contribution in [0.5, 0.6) is 0 Å². The summed E-state index contributed by atoms with van der Waals surface area (Å²) in [5.74, 6) is 0. The van der Waals surface area contributed by atoms with Gasteiger partial charge in [-0.2, -0.15) is 0 Å². The number of carbonyl (C=O) groups excluding carboxylic acids is 1. The number of anilines is 2. The first-order valence-electron chi connectivity index (χ1n) is 7.85. The van der Waals surface area contributed by atoms with Crippen molar-refractivity contribution in [3.63, 3.8) is 0 Å². The topological polar surface area (TPSA) is 84.3 Å². The molecule has 0 radical (unpaired) electrons. The molecule has 0 saturated carbocycles. The van der Waals surface area contributed by atoms with Crippen LogP contribution in [0.1, 0.15) is 0 Å². The molecule has 0 saturated heterocycles. The summed E-state index contributed by atoms with van der Waals surface area (Å²) in [5.41, 5.74) is 1.35. The fourth-order valence-corrected chi connectivity index (χ4v) is 3.15. The number of nitro benzene ring substituents is 1. The van der Waals surface area contributed by atoms with E-state index in [0.29, 0.717) is 16.4 Å². The Labute approximate surface area is 164 Å². The van der Waals surface area contributed by atoms with Crippen molar-refractivity contribution in [1.82, 2.24) is 0 Å². The van der Waals surface area contributed by atoms with Crippen molar-refractivity contribution in [3.05, 3.63) is 87.9 Å². The fraction of sp³-hybridized carbons (Fsp3) is 0. The Morgan fingerprint density at radius 1 is 0.815 bits per heavy atom. The Morgan fingerprint density at radius 2 is 1.26 bits per heavy atom. The van der Waals surface area contributed by atoms with E-state index < -0.39 is 4.92 Å². The molecule has 27 heavy (non-hydrogen) atoms. The van der Waals surface area contributed by atoms with Gasteiger partial charge in [0.05, 0.1) is 4.92 Å². The van der Waals surface area contributed by atoms with Crippen LogP contribution in [0.15, 0.2) is 82.6 Å². The van der Waals surface area contributed by atoms with Gasteiger partial charge in [-0.25, -0.2) is 4.79 Å². The summed E-state index contributed by atoms with van der Waals surface area (Å²) in [6.07, 6.45) is 0.